The Kier molecular flexibility index (Phi) is 3.21. The summed E-state index contributed by atoms with van der Waals surface area (Å²) in [5, 5.41) is 13.7. The van der Waals surface area contributed by atoms with Gasteiger partial charge in [-0.15, -0.1) is 0 Å². The Morgan fingerprint density at radius 2 is 2.47 bits per heavy atom. The summed E-state index contributed by atoms with van der Waals surface area (Å²) in [6.07, 6.45) is 3.09. The molecule has 7 nitrogen and oxygen atoms in total. The van der Waals surface area contributed by atoms with Crippen molar-refractivity contribution in [2.24, 2.45) is 7.05 Å². The zero-order valence-electron chi connectivity index (χ0n) is 9.46. The molecular weight excluding hydrogens is 246 g/mol. The quantitative estimate of drug-likeness (QED) is 0.714. The zero-order chi connectivity index (χ0) is 12.5. The molecule has 2 rings (SSSR count). The third kappa shape index (κ3) is 2.83. The van der Waals surface area contributed by atoms with Crippen LogP contribution in [0.2, 0.25) is 0 Å². The summed E-state index contributed by atoms with van der Waals surface area (Å²) in [7, 11) is -1.98. The summed E-state index contributed by atoms with van der Waals surface area (Å²) < 4.78 is 32.5. The molecule has 1 fully saturated rings. The first kappa shape index (κ1) is 12.5. The van der Waals surface area contributed by atoms with Crippen LogP contribution in [0.25, 0.3) is 0 Å². The van der Waals surface area contributed by atoms with Gasteiger partial charge in [0.1, 0.15) is 10.5 Å². The fourth-order valence-corrected chi connectivity index (χ4v) is 2.69. The molecule has 0 aromatic carbocycles. The highest BCUT2D eigenvalue weighted by molar-refractivity contribution is 7.89. The van der Waals surface area contributed by atoms with Gasteiger partial charge in [0.25, 0.3) is 0 Å². The zero-order valence-corrected chi connectivity index (χ0v) is 10.3. The minimum Gasteiger partial charge on any atom is -0.386 e. The summed E-state index contributed by atoms with van der Waals surface area (Å²) >= 11 is 0. The lowest BCUT2D eigenvalue weighted by Gasteiger charge is -2.20. The third-order valence-corrected chi connectivity index (χ3v) is 4.02. The van der Waals surface area contributed by atoms with Crippen LogP contribution in [0.3, 0.4) is 0 Å². The van der Waals surface area contributed by atoms with Crippen molar-refractivity contribution in [3.05, 3.63) is 12.4 Å². The molecule has 1 aromatic heterocycles. The molecule has 0 saturated carbocycles. The number of ether oxygens (including phenoxy) is 1. The first-order valence-electron chi connectivity index (χ1n) is 5.20. The van der Waals surface area contributed by atoms with E-state index in [1.54, 1.807) is 7.05 Å². The monoisotopic (exact) mass is 261 g/mol. The topological polar surface area (TPSA) is 93.5 Å². The maximum Gasteiger partial charge on any atom is 0.243 e. The maximum absolute atomic E-state index is 11.8. The van der Waals surface area contributed by atoms with E-state index in [1.807, 2.05) is 0 Å². The number of nitrogens with zero attached hydrogens (tertiary/aromatic N) is 2. The Morgan fingerprint density at radius 3 is 3.00 bits per heavy atom. The van der Waals surface area contributed by atoms with E-state index in [9.17, 15) is 13.5 Å². The molecule has 2 heterocycles. The summed E-state index contributed by atoms with van der Waals surface area (Å²) in [6, 6.07) is 0. The molecule has 1 saturated heterocycles. The van der Waals surface area contributed by atoms with E-state index in [0.717, 1.165) is 0 Å². The molecular formula is C9H15N3O4S. The molecule has 17 heavy (non-hydrogen) atoms. The molecule has 96 valence electrons. The molecule has 8 heteroatoms. The second-order valence-corrected chi connectivity index (χ2v) is 5.97. The SMILES string of the molecule is Cn1cc(S(=O)(=O)NCC2(O)CCOC2)cn1. The van der Waals surface area contributed by atoms with Gasteiger partial charge in [-0.2, -0.15) is 5.10 Å². The van der Waals surface area contributed by atoms with Gasteiger partial charge in [0.05, 0.1) is 12.8 Å². The van der Waals surface area contributed by atoms with Crippen molar-refractivity contribution in [1.29, 1.82) is 0 Å². The Labute approximate surface area is 99.4 Å². The average Bonchev–Trinajstić information content (AvgIpc) is 2.86. The van der Waals surface area contributed by atoms with Crippen molar-refractivity contribution >= 4 is 10.0 Å². The van der Waals surface area contributed by atoms with E-state index < -0.39 is 15.6 Å². The van der Waals surface area contributed by atoms with Crippen molar-refractivity contribution < 1.29 is 18.3 Å². The number of aromatic nitrogens is 2. The van der Waals surface area contributed by atoms with Crippen LogP contribution in [-0.4, -0.2) is 48.7 Å². The van der Waals surface area contributed by atoms with Gasteiger partial charge in [0.15, 0.2) is 0 Å². The molecule has 1 aromatic rings. The summed E-state index contributed by atoms with van der Waals surface area (Å²) in [5.41, 5.74) is -1.10. The minimum absolute atomic E-state index is 0.0514. The first-order chi connectivity index (χ1) is 7.91. The van der Waals surface area contributed by atoms with Gasteiger partial charge < -0.3 is 9.84 Å². The normalized spacial score (nSPS) is 25.3. The number of nitrogens with one attached hydrogen (secondary N) is 1. The molecule has 0 radical (unpaired) electrons. The van der Waals surface area contributed by atoms with Gasteiger partial charge in [-0.05, 0) is 0 Å². The van der Waals surface area contributed by atoms with E-state index in [0.29, 0.717) is 13.0 Å². The van der Waals surface area contributed by atoms with Crippen LogP contribution in [0.15, 0.2) is 17.3 Å². The molecule has 0 amide bonds. The highest BCUT2D eigenvalue weighted by Crippen LogP contribution is 2.18. The molecule has 1 aliphatic heterocycles. The van der Waals surface area contributed by atoms with E-state index in [-0.39, 0.29) is 18.0 Å². The van der Waals surface area contributed by atoms with Crippen LogP contribution in [-0.2, 0) is 21.8 Å². The summed E-state index contributed by atoms with van der Waals surface area (Å²) in [5.74, 6) is 0. The van der Waals surface area contributed by atoms with Gasteiger partial charge in [-0.1, -0.05) is 0 Å². The lowest BCUT2D eigenvalue weighted by atomic mass is 10.1. The number of hydrogen-bond donors (Lipinski definition) is 2. The molecule has 2 N–H and O–H groups in total. The first-order valence-corrected chi connectivity index (χ1v) is 6.68. The highest BCUT2D eigenvalue weighted by atomic mass is 32.2. The van der Waals surface area contributed by atoms with Gasteiger partial charge in [0.2, 0.25) is 10.0 Å². The van der Waals surface area contributed by atoms with Crippen LogP contribution >= 0.6 is 0 Å². The highest BCUT2D eigenvalue weighted by Gasteiger charge is 2.33. The predicted molar refractivity (Wildman–Crippen MR) is 58.8 cm³/mol. The maximum atomic E-state index is 11.8. The second kappa shape index (κ2) is 4.37. The van der Waals surface area contributed by atoms with Crippen molar-refractivity contribution in [1.82, 2.24) is 14.5 Å². The number of sulfonamides is 1. The van der Waals surface area contributed by atoms with Crippen molar-refractivity contribution in [3.8, 4) is 0 Å². The van der Waals surface area contributed by atoms with Crippen LogP contribution in [0, 0.1) is 0 Å². The van der Waals surface area contributed by atoms with Gasteiger partial charge >= 0.3 is 0 Å². The Morgan fingerprint density at radius 1 is 1.71 bits per heavy atom. The Balaban J connectivity index is 2.03. The number of aryl methyl sites for hydroxylation is 1. The van der Waals surface area contributed by atoms with Crippen molar-refractivity contribution in [2.45, 2.75) is 16.9 Å². The Bertz CT molecular complexity index is 490. The molecule has 1 unspecified atom stereocenters. The number of rotatable bonds is 4. The lowest BCUT2D eigenvalue weighted by molar-refractivity contribution is 0.0314. The van der Waals surface area contributed by atoms with Gasteiger partial charge in [0, 0.05) is 32.8 Å². The van der Waals surface area contributed by atoms with E-state index >= 15 is 0 Å². The minimum atomic E-state index is -3.61. The Hall–Kier alpha value is -0.960. The van der Waals surface area contributed by atoms with Gasteiger partial charge in [-0.25, -0.2) is 13.1 Å². The van der Waals surface area contributed by atoms with E-state index in [1.165, 1.54) is 17.1 Å². The van der Waals surface area contributed by atoms with Gasteiger partial charge in [-0.3, -0.25) is 4.68 Å². The molecule has 0 bridgehead atoms. The van der Waals surface area contributed by atoms with E-state index in [4.69, 9.17) is 4.74 Å². The average molecular weight is 261 g/mol. The summed E-state index contributed by atoms with van der Waals surface area (Å²) in [4.78, 5) is 0.0857. The fourth-order valence-electron chi connectivity index (χ4n) is 1.59. The van der Waals surface area contributed by atoms with Crippen LogP contribution in [0.4, 0.5) is 0 Å². The molecule has 0 spiro atoms. The van der Waals surface area contributed by atoms with E-state index in [2.05, 4.69) is 9.82 Å². The second-order valence-electron chi connectivity index (χ2n) is 4.20. The lowest BCUT2D eigenvalue weighted by Crippen LogP contribution is -2.43. The molecule has 1 atom stereocenters. The molecule has 0 aliphatic carbocycles. The fraction of sp³-hybridized carbons (Fsp3) is 0.667. The smallest absolute Gasteiger partial charge is 0.243 e. The van der Waals surface area contributed by atoms with Crippen molar-refractivity contribution in [2.75, 3.05) is 19.8 Å². The van der Waals surface area contributed by atoms with Crippen LogP contribution in [0.1, 0.15) is 6.42 Å². The standard InChI is InChI=1S/C9H15N3O4S/c1-12-5-8(4-10-12)17(14,15)11-6-9(13)2-3-16-7-9/h4-5,11,13H,2-3,6-7H2,1H3. The third-order valence-electron chi connectivity index (χ3n) is 2.67. The van der Waals surface area contributed by atoms with Crippen molar-refractivity contribution in [3.63, 3.8) is 0 Å². The van der Waals surface area contributed by atoms with Crippen LogP contribution in [0.5, 0.6) is 0 Å². The number of hydrogen-bond acceptors (Lipinski definition) is 5. The van der Waals surface area contributed by atoms with Crippen LogP contribution < -0.4 is 4.72 Å². The predicted octanol–water partition coefficient (Wildman–Crippen LogP) is -1.15. The largest absolute Gasteiger partial charge is 0.386 e. The summed E-state index contributed by atoms with van der Waals surface area (Å²) in [6.45, 7) is 0.553. The number of aliphatic hydroxyl groups is 1. The molecule has 1 aliphatic rings.